The van der Waals surface area contributed by atoms with Crippen LogP contribution in [0.4, 0.5) is 0 Å². The lowest BCUT2D eigenvalue weighted by Crippen LogP contribution is -2.05. The predicted octanol–water partition coefficient (Wildman–Crippen LogP) is 8.03. The summed E-state index contributed by atoms with van der Waals surface area (Å²) in [5.41, 5.74) is 4.00. The molecule has 0 aliphatic carbocycles. The molecule has 1 aliphatic heterocycles. The third kappa shape index (κ3) is 9.70. The third-order valence-electron chi connectivity index (χ3n) is 3.96. The van der Waals surface area contributed by atoms with Crippen LogP contribution in [0, 0.1) is 0 Å². The lowest BCUT2D eigenvalue weighted by molar-refractivity contribution is 0.337. The molecule has 0 N–H and O–H groups in total. The fraction of sp³-hybridized carbons (Fsp3) is 0.179. The lowest BCUT2D eigenvalue weighted by atomic mass is 10.1. The second-order valence-corrected chi connectivity index (χ2v) is 6.76. The summed E-state index contributed by atoms with van der Waals surface area (Å²) in [5, 5.41) is 0. The van der Waals surface area contributed by atoms with Gasteiger partial charge in [-0.3, -0.25) is 0 Å². The van der Waals surface area contributed by atoms with Gasteiger partial charge in [0, 0.05) is 5.57 Å². The number of hydrogen-bond acceptors (Lipinski definition) is 2. The average molecular weight is 400 g/mol. The molecule has 0 aromatic rings. The molecule has 0 aromatic carbocycles. The van der Waals surface area contributed by atoms with Gasteiger partial charge in [-0.2, -0.15) is 0 Å². The number of aliphatic imine (C=N–C) groups is 1. The highest BCUT2D eigenvalue weighted by Gasteiger charge is 2.11. The summed E-state index contributed by atoms with van der Waals surface area (Å²) in [4.78, 5) is 4.68. The number of rotatable bonds is 6. The Labute approximate surface area is 182 Å². The molecule has 0 aromatic heterocycles. The van der Waals surface area contributed by atoms with E-state index in [0.29, 0.717) is 22.9 Å². The van der Waals surface area contributed by atoms with Crippen molar-refractivity contribution in [2.24, 2.45) is 4.99 Å². The van der Waals surface area contributed by atoms with Crippen LogP contribution in [0.15, 0.2) is 138 Å². The summed E-state index contributed by atoms with van der Waals surface area (Å²) < 4.78 is 5.92. The standard InChI is InChI=1S/C28H33NO/c1-8-15-22(3)19-20-28(29-24(5)16-9-2)27-18-14-12-10-11-13-17-23(4)21-25(6)30-26(27)7/h8-9,12-21H,3,5-7,10-11H2,1-2,4H3/b14-12-,15-8-,16-9-,17-13-,20-19-,23-21-,27-18+,29-28?. The maximum atomic E-state index is 5.92. The number of allylic oxidation sites excluding steroid dienone is 15. The topological polar surface area (TPSA) is 21.6 Å². The van der Waals surface area contributed by atoms with Gasteiger partial charge in [-0.05, 0) is 69.1 Å². The van der Waals surface area contributed by atoms with Gasteiger partial charge < -0.3 is 4.74 Å². The normalized spacial score (nSPS) is 22.4. The van der Waals surface area contributed by atoms with Crippen LogP contribution >= 0.6 is 0 Å². The lowest BCUT2D eigenvalue weighted by Gasteiger charge is -2.13. The SMILES string of the molecule is C=C(/C=C\C)/C=C\C(=NC(=C)/C=C\C)/C1=C/C=C\CC/C=C\C(C)=C/C(=C)OC1=C. The van der Waals surface area contributed by atoms with Crippen LogP contribution in [0.25, 0.3) is 0 Å². The molecule has 0 amide bonds. The Morgan fingerprint density at radius 3 is 2.40 bits per heavy atom. The van der Waals surface area contributed by atoms with Gasteiger partial charge in [-0.15, -0.1) is 0 Å². The molecule has 30 heavy (non-hydrogen) atoms. The first-order chi connectivity index (χ1) is 14.4. The van der Waals surface area contributed by atoms with E-state index in [4.69, 9.17) is 4.74 Å². The van der Waals surface area contributed by atoms with Crippen molar-refractivity contribution in [1.82, 2.24) is 0 Å². The molecule has 2 heteroatoms. The second kappa shape index (κ2) is 13.7. The van der Waals surface area contributed by atoms with Crippen molar-refractivity contribution in [3.63, 3.8) is 0 Å². The summed E-state index contributed by atoms with van der Waals surface area (Å²) in [6, 6.07) is 0. The Balaban J connectivity index is 3.44. The first-order valence-electron chi connectivity index (χ1n) is 10.1. The first kappa shape index (κ1) is 24.6. The van der Waals surface area contributed by atoms with Gasteiger partial charge in [0.1, 0.15) is 11.5 Å². The fourth-order valence-electron chi connectivity index (χ4n) is 2.62. The van der Waals surface area contributed by atoms with Gasteiger partial charge >= 0.3 is 0 Å². The molecule has 0 bridgehead atoms. The van der Waals surface area contributed by atoms with E-state index in [1.165, 1.54) is 0 Å². The minimum Gasteiger partial charge on any atom is -0.458 e. The summed E-state index contributed by atoms with van der Waals surface area (Å²) in [7, 11) is 0. The van der Waals surface area contributed by atoms with Crippen molar-refractivity contribution < 1.29 is 4.74 Å². The van der Waals surface area contributed by atoms with E-state index in [2.05, 4.69) is 49.5 Å². The average Bonchev–Trinajstić information content (AvgIpc) is 2.68. The van der Waals surface area contributed by atoms with E-state index in [1.54, 1.807) is 0 Å². The molecule has 1 heterocycles. The number of hydrogen-bond donors (Lipinski definition) is 0. The Hall–Kier alpha value is -3.39. The van der Waals surface area contributed by atoms with Crippen molar-refractivity contribution in [3.05, 3.63) is 133 Å². The maximum absolute atomic E-state index is 5.92. The van der Waals surface area contributed by atoms with Crippen LogP contribution < -0.4 is 0 Å². The molecule has 0 radical (unpaired) electrons. The monoisotopic (exact) mass is 399 g/mol. The van der Waals surface area contributed by atoms with Gasteiger partial charge in [0.25, 0.3) is 0 Å². The number of ether oxygens (including phenoxy) is 1. The first-order valence-corrected chi connectivity index (χ1v) is 10.1. The van der Waals surface area contributed by atoms with Crippen molar-refractivity contribution >= 4 is 5.71 Å². The highest BCUT2D eigenvalue weighted by atomic mass is 16.5. The highest BCUT2D eigenvalue weighted by molar-refractivity contribution is 6.12. The largest absolute Gasteiger partial charge is 0.458 e. The molecule has 0 saturated carbocycles. The second-order valence-electron chi connectivity index (χ2n) is 6.76. The molecule has 2 nitrogen and oxygen atoms in total. The smallest absolute Gasteiger partial charge is 0.129 e. The quantitative estimate of drug-likeness (QED) is 0.327. The molecule has 156 valence electrons. The zero-order chi connectivity index (χ0) is 22.4. The molecule has 0 saturated heterocycles. The van der Waals surface area contributed by atoms with E-state index >= 15 is 0 Å². The van der Waals surface area contributed by atoms with E-state index in [1.807, 2.05) is 75.5 Å². The van der Waals surface area contributed by atoms with Gasteiger partial charge in [0.2, 0.25) is 0 Å². The Bertz CT molecular complexity index is 908. The van der Waals surface area contributed by atoms with E-state index in [0.717, 1.165) is 29.6 Å². The molecule has 1 aliphatic rings. The molecule has 0 atom stereocenters. The molecular formula is C28H33NO. The van der Waals surface area contributed by atoms with Gasteiger partial charge in [-0.1, -0.05) is 74.9 Å². The third-order valence-corrected chi connectivity index (χ3v) is 3.96. The zero-order valence-electron chi connectivity index (χ0n) is 18.5. The molecule has 0 spiro atoms. The highest BCUT2D eigenvalue weighted by Crippen LogP contribution is 2.20. The Morgan fingerprint density at radius 1 is 1.00 bits per heavy atom. The Kier molecular flexibility index (Phi) is 11.3. The van der Waals surface area contributed by atoms with Crippen LogP contribution in [0.1, 0.15) is 33.6 Å². The molecule has 1 rings (SSSR count). The van der Waals surface area contributed by atoms with Crippen LogP contribution in [-0.2, 0) is 4.74 Å². The molecule has 0 unspecified atom stereocenters. The molecular weight excluding hydrogens is 366 g/mol. The zero-order valence-corrected chi connectivity index (χ0v) is 18.5. The minimum absolute atomic E-state index is 0.463. The fourth-order valence-corrected chi connectivity index (χ4v) is 2.62. The minimum atomic E-state index is 0.463. The van der Waals surface area contributed by atoms with E-state index in [9.17, 15) is 0 Å². The van der Waals surface area contributed by atoms with Crippen molar-refractivity contribution in [1.29, 1.82) is 0 Å². The summed E-state index contributed by atoms with van der Waals surface area (Å²) >= 11 is 0. The van der Waals surface area contributed by atoms with Crippen LogP contribution in [0.2, 0.25) is 0 Å². The maximum Gasteiger partial charge on any atom is 0.129 e. The van der Waals surface area contributed by atoms with Crippen LogP contribution in [-0.4, -0.2) is 5.71 Å². The van der Waals surface area contributed by atoms with Gasteiger partial charge in [0.15, 0.2) is 0 Å². The van der Waals surface area contributed by atoms with Crippen molar-refractivity contribution in [2.75, 3.05) is 0 Å². The summed E-state index contributed by atoms with van der Waals surface area (Å²) in [6.07, 6.45) is 25.5. The van der Waals surface area contributed by atoms with Crippen LogP contribution in [0.5, 0.6) is 0 Å². The van der Waals surface area contributed by atoms with E-state index < -0.39 is 0 Å². The summed E-state index contributed by atoms with van der Waals surface area (Å²) in [5.74, 6) is 0.982. The molecule has 0 fully saturated rings. The van der Waals surface area contributed by atoms with Gasteiger partial charge in [-0.25, -0.2) is 4.99 Å². The predicted molar refractivity (Wildman–Crippen MR) is 133 cm³/mol. The van der Waals surface area contributed by atoms with Crippen molar-refractivity contribution in [3.8, 4) is 0 Å². The van der Waals surface area contributed by atoms with Gasteiger partial charge in [0.05, 0.1) is 11.4 Å². The van der Waals surface area contributed by atoms with Crippen LogP contribution in [0.3, 0.4) is 0 Å². The Morgan fingerprint density at radius 2 is 1.70 bits per heavy atom. The van der Waals surface area contributed by atoms with Crippen molar-refractivity contribution in [2.45, 2.75) is 33.6 Å². The van der Waals surface area contributed by atoms with E-state index in [-0.39, 0.29) is 0 Å². The summed E-state index contributed by atoms with van der Waals surface area (Å²) in [6.45, 7) is 22.1. The number of nitrogens with zero attached hydrogens (tertiary/aromatic N) is 1.